The van der Waals surface area contributed by atoms with Crippen molar-refractivity contribution in [1.82, 2.24) is 15.5 Å². The molecule has 0 saturated carbocycles. The van der Waals surface area contributed by atoms with Gasteiger partial charge in [-0.3, -0.25) is 9.89 Å². The lowest BCUT2D eigenvalue weighted by Gasteiger charge is -2.26. The number of ether oxygens (including phenoxy) is 2. The van der Waals surface area contributed by atoms with Gasteiger partial charge in [0, 0.05) is 39.2 Å². The minimum atomic E-state index is 0.270. The van der Waals surface area contributed by atoms with E-state index in [1.54, 1.807) is 6.26 Å². The predicted molar refractivity (Wildman–Crippen MR) is 102 cm³/mol. The summed E-state index contributed by atoms with van der Waals surface area (Å²) in [7, 11) is 0. The molecular formula is C19H32N4O3. The maximum Gasteiger partial charge on any atom is 0.191 e. The highest BCUT2D eigenvalue weighted by Crippen LogP contribution is 2.11. The van der Waals surface area contributed by atoms with Crippen molar-refractivity contribution in [3.8, 4) is 0 Å². The van der Waals surface area contributed by atoms with Gasteiger partial charge in [-0.15, -0.1) is 0 Å². The molecule has 1 unspecified atom stereocenters. The first-order valence-corrected chi connectivity index (χ1v) is 9.86. The lowest BCUT2D eigenvalue weighted by atomic mass is 10.2. The summed E-state index contributed by atoms with van der Waals surface area (Å²) in [6.07, 6.45) is 6.19. The number of guanidine groups is 1. The Kier molecular flexibility index (Phi) is 8.28. The topological polar surface area (TPSA) is 71.3 Å². The number of hydrogen-bond acceptors (Lipinski definition) is 5. The van der Waals surface area contributed by atoms with E-state index in [9.17, 15) is 0 Å². The predicted octanol–water partition coefficient (Wildman–Crippen LogP) is 1.26. The maximum atomic E-state index is 5.68. The molecule has 3 heterocycles. The van der Waals surface area contributed by atoms with E-state index < -0.39 is 0 Å². The average Bonchev–Trinajstić information content (AvgIpc) is 3.37. The van der Waals surface area contributed by atoms with Crippen molar-refractivity contribution in [2.75, 3.05) is 59.1 Å². The SMILES string of the molecule is c1coc(CCNC(=NCC2CCCO2)NCCCN2CCOCC2)c1. The van der Waals surface area contributed by atoms with E-state index in [2.05, 4.69) is 15.5 Å². The molecule has 146 valence electrons. The molecule has 7 nitrogen and oxygen atoms in total. The van der Waals surface area contributed by atoms with Gasteiger partial charge >= 0.3 is 0 Å². The number of rotatable bonds is 9. The average molecular weight is 364 g/mol. The highest BCUT2D eigenvalue weighted by Gasteiger charge is 2.15. The number of hydrogen-bond donors (Lipinski definition) is 2. The second kappa shape index (κ2) is 11.2. The molecule has 0 spiro atoms. The standard InChI is InChI=1S/C19H32N4O3/c1-4-17(25-12-1)6-8-21-19(22-16-18-5-2-13-26-18)20-7-3-9-23-10-14-24-15-11-23/h1,4,12,18H,2-3,5-11,13-16H2,(H2,20,21,22). The molecule has 0 aromatic carbocycles. The molecule has 1 aromatic rings. The van der Waals surface area contributed by atoms with Crippen LogP contribution in [0.2, 0.25) is 0 Å². The van der Waals surface area contributed by atoms with E-state index in [1.165, 1.54) is 0 Å². The van der Waals surface area contributed by atoms with Crippen LogP contribution in [0.25, 0.3) is 0 Å². The zero-order valence-corrected chi connectivity index (χ0v) is 15.6. The largest absolute Gasteiger partial charge is 0.469 e. The van der Waals surface area contributed by atoms with Gasteiger partial charge in [0.05, 0.1) is 32.1 Å². The lowest BCUT2D eigenvalue weighted by molar-refractivity contribution is 0.0376. The van der Waals surface area contributed by atoms with Crippen LogP contribution in [0.1, 0.15) is 25.0 Å². The number of aliphatic imine (C=N–C) groups is 1. The van der Waals surface area contributed by atoms with Gasteiger partial charge in [0.1, 0.15) is 5.76 Å². The normalized spacial score (nSPS) is 21.8. The zero-order chi connectivity index (χ0) is 17.9. The van der Waals surface area contributed by atoms with Gasteiger partial charge in [-0.1, -0.05) is 0 Å². The molecule has 2 aliphatic rings. The van der Waals surface area contributed by atoms with Gasteiger partial charge in [0.15, 0.2) is 5.96 Å². The third kappa shape index (κ3) is 6.97. The minimum Gasteiger partial charge on any atom is -0.469 e. The second-order valence-electron chi connectivity index (χ2n) is 6.81. The van der Waals surface area contributed by atoms with Crippen LogP contribution in [0.5, 0.6) is 0 Å². The Morgan fingerprint density at radius 1 is 1.19 bits per heavy atom. The second-order valence-corrected chi connectivity index (χ2v) is 6.81. The van der Waals surface area contributed by atoms with E-state index in [1.807, 2.05) is 12.1 Å². The smallest absolute Gasteiger partial charge is 0.191 e. The van der Waals surface area contributed by atoms with E-state index in [4.69, 9.17) is 18.9 Å². The van der Waals surface area contributed by atoms with Crippen molar-refractivity contribution < 1.29 is 13.9 Å². The molecule has 1 aromatic heterocycles. The number of nitrogens with one attached hydrogen (secondary N) is 2. The summed E-state index contributed by atoms with van der Waals surface area (Å²) in [4.78, 5) is 7.17. The molecule has 2 aliphatic heterocycles. The van der Waals surface area contributed by atoms with Crippen LogP contribution < -0.4 is 10.6 Å². The Bertz CT molecular complexity index is 509. The van der Waals surface area contributed by atoms with Gasteiger partial charge in [0.2, 0.25) is 0 Å². The van der Waals surface area contributed by atoms with Crippen LogP contribution in [0.4, 0.5) is 0 Å². The van der Waals surface area contributed by atoms with Crippen molar-refractivity contribution in [3.63, 3.8) is 0 Å². The molecule has 2 fully saturated rings. The van der Waals surface area contributed by atoms with Crippen LogP contribution in [0.15, 0.2) is 27.8 Å². The van der Waals surface area contributed by atoms with Gasteiger partial charge < -0.3 is 24.5 Å². The first-order valence-electron chi connectivity index (χ1n) is 9.86. The fourth-order valence-electron chi connectivity index (χ4n) is 3.25. The Morgan fingerprint density at radius 2 is 2.08 bits per heavy atom. The van der Waals surface area contributed by atoms with E-state index >= 15 is 0 Å². The van der Waals surface area contributed by atoms with Crippen molar-refractivity contribution in [2.24, 2.45) is 4.99 Å². The molecule has 2 saturated heterocycles. The summed E-state index contributed by atoms with van der Waals surface area (Å²) < 4.78 is 16.5. The van der Waals surface area contributed by atoms with Gasteiger partial charge in [-0.2, -0.15) is 0 Å². The lowest BCUT2D eigenvalue weighted by Crippen LogP contribution is -2.41. The highest BCUT2D eigenvalue weighted by molar-refractivity contribution is 5.79. The molecule has 26 heavy (non-hydrogen) atoms. The minimum absolute atomic E-state index is 0.270. The van der Waals surface area contributed by atoms with Gasteiger partial charge in [0.25, 0.3) is 0 Å². The number of furan rings is 1. The molecular weight excluding hydrogens is 332 g/mol. The fraction of sp³-hybridized carbons (Fsp3) is 0.737. The monoisotopic (exact) mass is 364 g/mol. The summed E-state index contributed by atoms with van der Waals surface area (Å²) >= 11 is 0. The first kappa shape index (κ1) is 19.2. The van der Waals surface area contributed by atoms with Crippen molar-refractivity contribution in [3.05, 3.63) is 24.2 Å². The summed E-state index contributed by atoms with van der Waals surface area (Å²) in [6.45, 7) is 8.20. The van der Waals surface area contributed by atoms with Crippen LogP contribution in [0, 0.1) is 0 Å². The molecule has 2 N–H and O–H groups in total. The third-order valence-electron chi connectivity index (χ3n) is 4.77. The van der Waals surface area contributed by atoms with Crippen LogP contribution in [-0.4, -0.2) is 76.1 Å². The van der Waals surface area contributed by atoms with Crippen molar-refractivity contribution >= 4 is 5.96 Å². The Balaban J connectivity index is 1.38. The summed E-state index contributed by atoms with van der Waals surface area (Å²) in [5.74, 6) is 1.86. The molecule has 3 rings (SSSR count). The molecule has 0 bridgehead atoms. The van der Waals surface area contributed by atoms with E-state index in [0.29, 0.717) is 0 Å². The molecule has 0 radical (unpaired) electrons. The molecule has 0 amide bonds. The van der Waals surface area contributed by atoms with Crippen LogP contribution in [0.3, 0.4) is 0 Å². The summed E-state index contributed by atoms with van der Waals surface area (Å²) in [6, 6.07) is 3.92. The maximum absolute atomic E-state index is 5.68. The van der Waals surface area contributed by atoms with Crippen LogP contribution in [-0.2, 0) is 15.9 Å². The van der Waals surface area contributed by atoms with Crippen LogP contribution >= 0.6 is 0 Å². The number of nitrogens with zero attached hydrogens (tertiary/aromatic N) is 2. The first-order chi connectivity index (χ1) is 12.9. The number of morpholine rings is 1. The quantitative estimate of drug-likeness (QED) is 0.391. The Morgan fingerprint density at radius 3 is 2.85 bits per heavy atom. The Hall–Kier alpha value is -1.57. The molecule has 1 atom stereocenters. The molecule has 0 aliphatic carbocycles. The van der Waals surface area contributed by atoms with Crippen molar-refractivity contribution in [1.29, 1.82) is 0 Å². The van der Waals surface area contributed by atoms with Crippen molar-refractivity contribution in [2.45, 2.75) is 31.8 Å². The zero-order valence-electron chi connectivity index (χ0n) is 15.6. The highest BCUT2D eigenvalue weighted by atomic mass is 16.5. The van der Waals surface area contributed by atoms with Gasteiger partial charge in [-0.05, 0) is 37.9 Å². The Labute approximate surface area is 156 Å². The van der Waals surface area contributed by atoms with E-state index in [-0.39, 0.29) is 6.10 Å². The van der Waals surface area contributed by atoms with Gasteiger partial charge in [-0.25, -0.2) is 0 Å². The molecule has 7 heteroatoms. The third-order valence-corrected chi connectivity index (χ3v) is 4.77. The fourth-order valence-corrected chi connectivity index (χ4v) is 3.25. The summed E-state index contributed by atoms with van der Waals surface area (Å²) in [5, 5.41) is 6.87. The van der Waals surface area contributed by atoms with E-state index in [0.717, 1.165) is 96.5 Å². The summed E-state index contributed by atoms with van der Waals surface area (Å²) in [5.41, 5.74) is 0.